The predicted molar refractivity (Wildman–Crippen MR) is 76.9 cm³/mol. The monoisotopic (exact) mass is 263 g/mol. The van der Waals surface area contributed by atoms with Gasteiger partial charge in [-0.2, -0.15) is 0 Å². The molecular weight excluding hydrogens is 238 g/mol. The van der Waals surface area contributed by atoms with Gasteiger partial charge in [-0.3, -0.25) is 9.88 Å². The van der Waals surface area contributed by atoms with Crippen molar-refractivity contribution in [2.24, 2.45) is 0 Å². The van der Waals surface area contributed by atoms with E-state index < -0.39 is 0 Å². The highest BCUT2D eigenvalue weighted by atomic mass is 16.5. The van der Waals surface area contributed by atoms with Crippen LogP contribution in [0.15, 0.2) is 18.3 Å². The zero-order chi connectivity index (χ0) is 13.5. The van der Waals surface area contributed by atoms with Crippen molar-refractivity contribution in [2.75, 3.05) is 26.8 Å². The molecule has 1 aromatic heterocycles. The van der Waals surface area contributed by atoms with E-state index in [2.05, 4.69) is 41.3 Å². The highest BCUT2D eigenvalue weighted by molar-refractivity contribution is 5.14. The lowest BCUT2D eigenvalue weighted by Gasteiger charge is -2.30. The van der Waals surface area contributed by atoms with Crippen molar-refractivity contribution in [3.8, 4) is 0 Å². The molecule has 1 aliphatic heterocycles. The molecule has 4 heteroatoms. The maximum Gasteiger partial charge on any atom is 0.0544 e. The van der Waals surface area contributed by atoms with Gasteiger partial charge in [0.15, 0.2) is 0 Å². The smallest absolute Gasteiger partial charge is 0.0544 e. The summed E-state index contributed by atoms with van der Waals surface area (Å²) in [5.41, 5.74) is 2.40. The Hall–Kier alpha value is -0.970. The van der Waals surface area contributed by atoms with Crippen LogP contribution in [0.5, 0.6) is 0 Å². The maximum atomic E-state index is 5.40. The summed E-state index contributed by atoms with van der Waals surface area (Å²) in [6.07, 6.45) is 4.25. The summed E-state index contributed by atoms with van der Waals surface area (Å²) in [7, 11) is 2.18. The Kier molecular flexibility index (Phi) is 5.76. The molecular formula is C15H25N3O. The van der Waals surface area contributed by atoms with E-state index in [1.807, 2.05) is 6.20 Å². The van der Waals surface area contributed by atoms with Gasteiger partial charge in [0.1, 0.15) is 0 Å². The highest BCUT2D eigenvalue weighted by Gasteiger charge is 2.18. The van der Waals surface area contributed by atoms with Crippen molar-refractivity contribution < 1.29 is 4.74 Å². The van der Waals surface area contributed by atoms with Gasteiger partial charge in [0.25, 0.3) is 0 Å². The topological polar surface area (TPSA) is 37.4 Å². The summed E-state index contributed by atoms with van der Waals surface area (Å²) in [6.45, 7) is 6.72. The molecule has 1 aromatic rings. The maximum absolute atomic E-state index is 5.40. The number of rotatable bonds is 6. The van der Waals surface area contributed by atoms with Crippen LogP contribution < -0.4 is 5.32 Å². The minimum atomic E-state index is 0.636. The molecule has 0 aliphatic carbocycles. The van der Waals surface area contributed by atoms with Crippen LogP contribution in [0.2, 0.25) is 0 Å². The number of nitrogens with one attached hydrogen (secondary N) is 1. The van der Waals surface area contributed by atoms with E-state index in [1.165, 1.54) is 5.56 Å². The van der Waals surface area contributed by atoms with E-state index in [4.69, 9.17) is 4.74 Å². The molecule has 0 saturated carbocycles. The van der Waals surface area contributed by atoms with Gasteiger partial charge < -0.3 is 10.1 Å². The lowest BCUT2D eigenvalue weighted by Crippen LogP contribution is -2.36. The number of hydrogen-bond donors (Lipinski definition) is 1. The number of pyridine rings is 1. The van der Waals surface area contributed by atoms with E-state index in [0.717, 1.165) is 51.4 Å². The normalized spacial score (nSPS) is 17.0. The molecule has 0 unspecified atom stereocenters. The van der Waals surface area contributed by atoms with Crippen LogP contribution in [0.1, 0.15) is 31.0 Å². The van der Waals surface area contributed by atoms with Gasteiger partial charge in [0, 0.05) is 38.5 Å². The zero-order valence-electron chi connectivity index (χ0n) is 12.1. The average Bonchev–Trinajstić information content (AvgIpc) is 2.47. The SMILES string of the molecule is CCNCc1ccc(CN(C)C2CCOCC2)nc1. The predicted octanol–water partition coefficient (Wildman–Crippen LogP) is 1.80. The van der Waals surface area contributed by atoms with Crippen molar-refractivity contribution >= 4 is 0 Å². The second-order valence-electron chi connectivity index (χ2n) is 5.20. The summed E-state index contributed by atoms with van der Waals surface area (Å²) in [6, 6.07) is 4.95. The minimum Gasteiger partial charge on any atom is -0.381 e. The molecule has 4 nitrogen and oxygen atoms in total. The summed E-state index contributed by atoms with van der Waals surface area (Å²) < 4.78 is 5.40. The van der Waals surface area contributed by atoms with E-state index in [1.54, 1.807) is 0 Å². The third-order valence-corrected chi connectivity index (χ3v) is 3.69. The van der Waals surface area contributed by atoms with Crippen LogP contribution in [0.3, 0.4) is 0 Å². The first-order valence-electron chi connectivity index (χ1n) is 7.22. The lowest BCUT2D eigenvalue weighted by molar-refractivity contribution is 0.0403. The minimum absolute atomic E-state index is 0.636. The molecule has 0 spiro atoms. The zero-order valence-corrected chi connectivity index (χ0v) is 12.1. The number of nitrogens with zero attached hydrogens (tertiary/aromatic N) is 2. The number of ether oxygens (including phenoxy) is 1. The molecule has 2 rings (SSSR count). The number of hydrogen-bond acceptors (Lipinski definition) is 4. The molecule has 1 fully saturated rings. The standard InChI is InChI=1S/C15H25N3O/c1-3-16-10-13-4-5-14(17-11-13)12-18(2)15-6-8-19-9-7-15/h4-5,11,15-16H,3,6-10,12H2,1-2H3. The van der Waals surface area contributed by atoms with Crippen molar-refractivity contribution in [2.45, 2.75) is 38.9 Å². The fourth-order valence-corrected chi connectivity index (χ4v) is 2.43. The van der Waals surface area contributed by atoms with Crippen molar-refractivity contribution in [3.63, 3.8) is 0 Å². The van der Waals surface area contributed by atoms with E-state index in [0.29, 0.717) is 6.04 Å². The van der Waals surface area contributed by atoms with Gasteiger partial charge in [0.2, 0.25) is 0 Å². The van der Waals surface area contributed by atoms with Crippen molar-refractivity contribution in [1.29, 1.82) is 0 Å². The van der Waals surface area contributed by atoms with E-state index in [-0.39, 0.29) is 0 Å². The van der Waals surface area contributed by atoms with Crippen LogP contribution >= 0.6 is 0 Å². The fraction of sp³-hybridized carbons (Fsp3) is 0.667. The summed E-state index contributed by atoms with van der Waals surface area (Å²) >= 11 is 0. The molecule has 19 heavy (non-hydrogen) atoms. The molecule has 2 heterocycles. The molecule has 0 amide bonds. The number of aromatic nitrogens is 1. The van der Waals surface area contributed by atoms with Crippen molar-refractivity contribution in [3.05, 3.63) is 29.6 Å². The molecule has 1 N–H and O–H groups in total. The molecule has 0 atom stereocenters. The first-order valence-corrected chi connectivity index (χ1v) is 7.22. The lowest BCUT2D eigenvalue weighted by atomic mass is 10.1. The second-order valence-corrected chi connectivity index (χ2v) is 5.20. The van der Waals surface area contributed by atoms with Crippen LogP contribution in [0, 0.1) is 0 Å². The van der Waals surface area contributed by atoms with Crippen LogP contribution in [-0.4, -0.2) is 42.7 Å². The Labute approximate surface area is 116 Å². The quantitative estimate of drug-likeness (QED) is 0.849. The second kappa shape index (κ2) is 7.58. The highest BCUT2D eigenvalue weighted by Crippen LogP contribution is 2.15. The summed E-state index contributed by atoms with van der Waals surface area (Å²) in [5, 5.41) is 3.31. The van der Waals surface area contributed by atoms with Gasteiger partial charge >= 0.3 is 0 Å². The van der Waals surface area contributed by atoms with Gasteiger partial charge in [0.05, 0.1) is 5.69 Å². The largest absolute Gasteiger partial charge is 0.381 e. The molecule has 1 saturated heterocycles. The average molecular weight is 263 g/mol. The Morgan fingerprint density at radius 1 is 1.37 bits per heavy atom. The fourth-order valence-electron chi connectivity index (χ4n) is 2.43. The van der Waals surface area contributed by atoms with Crippen molar-refractivity contribution in [1.82, 2.24) is 15.2 Å². The molecule has 106 valence electrons. The summed E-state index contributed by atoms with van der Waals surface area (Å²) in [5.74, 6) is 0. The Morgan fingerprint density at radius 3 is 2.79 bits per heavy atom. The first kappa shape index (κ1) is 14.4. The molecule has 0 radical (unpaired) electrons. The van der Waals surface area contributed by atoms with E-state index >= 15 is 0 Å². The van der Waals surface area contributed by atoms with E-state index in [9.17, 15) is 0 Å². The molecule has 0 aromatic carbocycles. The van der Waals surface area contributed by atoms with Gasteiger partial charge in [-0.1, -0.05) is 13.0 Å². The van der Waals surface area contributed by atoms with Crippen LogP contribution in [0.25, 0.3) is 0 Å². The first-order chi connectivity index (χ1) is 9.29. The third-order valence-electron chi connectivity index (χ3n) is 3.69. The van der Waals surface area contributed by atoms with Gasteiger partial charge in [-0.15, -0.1) is 0 Å². The van der Waals surface area contributed by atoms with Crippen LogP contribution in [-0.2, 0) is 17.8 Å². The Morgan fingerprint density at radius 2 is 2.16 bits per heavy atom. The molecule has 1 aliphatic rings. The summed E-state index contributed by atoms with van der Waals surface area (Å²) in [4.78, 5) is 6.95. The third kappa shape index (κ3) is 4.56. The van der Waals surface area contributed by atoms with Gasteiger partial charge in [-0.05, 0) is 38.1 Å². The molecule has 0 bridgehead atoms. The van der Waals surface area contributed by atoms with Crippen LogP contribution in [0.4, 0.5) is 0 Å². The Balaban J connectivity index is 1.84. The Bertz CT molecular complexity index is 360. The van der Waals surface area contributed by atoms with Gasteiger partial charge in [-0.25, -0.2) is 0 Å².